The Morgan fingerprint density at radius 1 is 0.895 bits per heavy atom. The lowest BCUT2D eigenvalue weighted by Gasteiger charge is -1.98. The highest BCUT2D eigenvalue weighted by Gasteiger charge is 2.06. The first-order valence-corrected chi connectivity index (χ1v) is 7.05. The molecule has 0 fully saturated rings. The van der Waals surface area contributed by atoms with E-state index in [9.17, 15) is 0 Å². The Morgan fingerprint density at radius 2 is 1.53 bits per heavy atom. The van der Waals surface area contributed by atoms with Gasteiger partial charge >= 0.3 is 0 Å². The number of halogens is 1. The standard InChI is InChI=1S/C15H11ClN2S/c16-12-5-1-11(2-6-12)15-18-14(9-19-15)10-3-7-13(17)8-4-10/h1-9H,17H2. The molecule has 2 N–H and O–H groups in total. The van der Waals surface area contributed by atoms with E-state index in [1.807, 2.05) is 48.5 Å². The van der Waals surface area contributed by atoms with Crippen LogP contribution in [0.2, 0.25) is 5.02 Å². The number of hydrogen-bond acceptors (Lipinski definition) is 3. The van der Waals surface area contributed by atoms with Crippen molar-refractivity contribution in [1.29, 1.82) is 0 Å². The summed E-state index contributed by atoms with van der Waals surface area (Å²) in [6.07, 6.45) is 0. The van der Waals surface area contributed by atoms with Crippen molar-refractivity contribution in [3.63, 3.8) is 0 Å². The number of thiazole rings is 1. The molecule has 0 unspecified atom stereocenters. The summed E-state index contributed by atoms with van der Waals surface area (Å²) in [7, 11) is 0. The normalized spacial score (nSPS) is 10.6. The van der Waals surface area contributed by atoms with Crippen LogP contribution in [0.1, 0.15) is 0 Å². The third kappa shape index (κ3) is 2.62. The van der Waals surface area contributed by atoms with Crippen molar-refractivity contribution in [2.24, 2.45) is 0 Å². The van der Waals surface area contributed by atoms with Gasteiger partial charge in [-0.05, 0) is 24.3 Å². The van der Waals surface area contributed by atoms with Gasteiger partial charge in [0.15, 0.2) is 0 Å². The van der Waals surface area contributed by atoms with Crippen LogP contribution in [0, 0.1) is 0 Å². The molecule has 0 radical (unpaired) electrons. The van der Waals surface area contributed by atoms with Crippen LogP contribution < -0.4 is 5.73 Å². The summed E-state index contributed by atoms with van der Waals surface area (Å²) >= 11 is 7.51. The van der Waals surface area contributed by atoms with E-state index in [1.54, 1.807) is 11.3 Å². The van der Waals surface area contributed by atoms with Crippen molar-refractivity contribution >= 4 is 28.6 Å². The van der Waals surface area contributed by atoms with Gasteiger partial charge in [-0.2, -0.15) is 0 Å². The minimum absolute atomic E-state index is 0.735. The minimum atomic E-state index is 0.735. The van der Waals surface area contributed by atoms with Gasteiger partial charge in [-0.15, -0.1) is 11.3 Å². The molecule has 0 bridgehead atoms. The van der Waals surface area contributed by atoms with Gasteiger partial charge in [0, 0.05) is 27.2 Å². The number of aromatic nitrogens is 1. The van der Waals surface area contributed by atoms with Crippen molar-refractivity contribution in [3.8, 4) is 21.8 Å². The van der Waals surface area contributed by atoms with Gasteiger partial charge in [-0.25, -0.2) is 4.98 Å². The first kappa shape index (κ1) is 12.2. The molecule has 0 aliphatic heterocycles. The summed E-state index contributed by atoms with van der Waals surface area (Å²) in [4.78, 5) is 4.64. The molecule has 19 heavy (non-hydrogen) atoms. The number of nitrogens with zero attached hydrogens (tertiary/aromatic N) is 1. The summed E-state index contributed by atoms with van der Waals surface area (Å²) in [6.45, 7) is 0. The molecule has 0 saturated carbocycles. The lowest BCUT2D eigenvalue weighted by atomic mass is 10.1. The Kier molecular flexibility index (Phi) is 3.23. The van der Waals surface area contributed by atoms with Crippen LogP contribution in [0.5, 0.6) is 0 Å². The zero-order chi connectivity index (χ0) is 13.2. The predicted molar refractivity (Wildman–Crippen MR) is 82.4 cm³/mol. The van der Waals surface area contributed by atoms with E-state index in [4.69, 9.17) is 17.3 Å². The van der Waals surface area contributed by atoms with E-state index in [1.165, 1.54) is 0 Å². The Labute approximate surface area is 120 Å². The second kappa shape index (κ2) is 5.03. The number of anilines is 1. The molecular weight excluding hydrogens is 276 g/mol. The van der Waals surface area contributed by atoms with Crippen LogP contribution in [0.15, 0.2) is 53.9 Å². The van der Waals surface area contributed by atoms with E-state index in [0.29, 0.717) is 0 Å². The highest BCUT2D eigenvalue weighted by Crippen LogP contribution is 2.29. The second-order valence-corrected chi connectivity index (χ2v) is 5.46. The number of nitrogen functional groups attached to an aromatic ring is 1. The van der Waals surface area contributed by atoms with Crippen molar-refractivity contribution in [2.75, 3.05) is 5.73 Å². The highest BCUT2D eigenvalue weighted by atomic mass is 35.5. The maximum absolute atomic E-state index is 5.89. The number of benzene rings is 2. The maximum atomic E-state index is 5.89. The molecule has 2 aromatic carbocycles. The molecular formula is C15H11ClN2S. The molecule has 3 rings (SSSR count). The summed E-state index contributed by atoms with van der Waals surface area (Å²) in [6, 6.07) is 15.4. The summed E-state index contributed by atoms with van der Waals surface area (Å²) in [5, 5.41) is 3.78. The highest BCUT2D eigenvalue weighted by molar-refractivity contribution is 7.13. The molecule has 3 aromatic rings. The van der Waals surface area contributed by atoms with Gasteiger partial charge in [-0.1, -0.05) is 35.9 Å². The third-order valence-electron chi connectivity index (χ3n) is 2.80. The predicted octanol–water partition coefficient (Wildman–Crippen LogP) is 4.71. The first-order valence-electron chi connectivity index (χ1n) is 5.80. The molecule has 0 spiro atoms. The molecule has 0 amide bonds. The lowest BCUT2D eigenvalue weighted by Crippen LogP contribution is -1.84. The molecule has 4 heteroatoms. The molecule has 0 aliphatic rings. The van der Waals surface area contributed by atoms with Crippen molar-refractivity contribution in [3.05, 3.63) is 58.9 Å². The topological polar surface area (TPSA) is 38.9 Å². The van der Waals surface area contributed by atoms with E-state index < -0.39 is 0 Å². The molecule has 1 heterocycles. The summed E-state index contributed by atoms with van der Waals surface area (Å²) in [5.41, 5.74) is 9.57. The second-order valence-electron chi connectivity index (χ2n) is 4.17. The van der Waals surface area contributed by atoms with Crippen LogP contribution in [-0.4, -0.2) is 4.98 Å². The largest absolute Gasteiger partial charge is 0.399 e. The van der Waals surface area contributed by atoms with Gasteiger partial charge in [0.05, 0.1) is 5.69 Å². The average Bonchev–Trinajstić information content (AvgIpc) is 2.90. The third-order valence-corrected chi connectivity index (χ3v) is 3.95. The van der Waals surface area contributed by atoms with Crippen molar-refractivity contribution < 1.29 is 0 Å². The van der Waals surface area contributed by atoms with Gasteiger partial charge in [-0.3, -0.25) is 0 Å². The number of nitrogens with two attached hydrogens (primary N) is 1. The molecule has 0 aliphatic carbocycles. The van der Waals surface area contributed by atoms with Crippen LogP contribution in [0.3, 0.4) is 0 Å². The van der Waals surface area contributed by atoms with E-state index in [2.05, 4.69) is 10.4 Å². The first-order chi connectivity index (χ1) is 9.22. The average molecular weight is 287 g/mol. The van der Waals surface area contributed by atoms with Gasteiger partial charge in [0.2, 0.25) is 0 Å². The van der Waals surface area contributed by atoms with Crippen LogP contribution in [0.4, 0.5) is 5.69 Å². The fourth-order valence-corrected chi connectivity index (χ4v) is 2.75. The smallest absolute Gasteiger partial charge is 0.124 e. The van der Waals surface area contributed by atoms with Crippen LogP contribution in [-0.2, 0) is 0 Å². The zero-order valence-electron chi connectivity index (χ0n) is 10.0. The monoisotopic (exact) mass is 286 g/mol. The number of rotatable bonds is 2. The number of hydrogen-bond donors (Lipinski definition) is 1. The van der Waals surface area contributed by atoms with Gasteiger partial charge in [0.25, 0.3) is 0 Å². The Hall–Kier alpha value is -1.84. The lowest BCUT2D eigenvalue weighted by molar-refractivity contribution is 1.40. The molecule has 0 atom stereocenters. The van der Waals surface area contributed by atoms with E-state index in [-0.39, 0.29) is 0 Å². The van der Waals surface area contributed by atoms with Crippen molar-refractivity contribution in [2.45, 2.75) is 0 Å². The molecule has 2 nitrogen and oxygen atoms in total. The Morgan fingerprint density at radius 3 is 2.21 bits per heavy atom. The van der Waals surface area contributed by atoms with Gasteiger partial charge < -0.3 is 5.73 Å². The fraction of sp³-hybridized carbons (Fsp3) is 0. The van der Waals surface area contributed by atoms with Crippen LogP contribution >= 0.6 is 22.9 Å². The van der Waals surface area contributed by atoms with Crippen LogP contribution in [0.25, 0.3) is 21.8 Å². The molecule has 94 valence electrons. The molecule has 0 saturated heterocycles. The molecule has 1 aromatic heterocycles. The zero-order valence-corrected chi connectivity index (χ0v) is 11.6. The fourth-order valence-electron chi connectivity index (χ4n) is 1.79. The quantitative estimate of drug-likeness (QED) is 0.693. The Balaban J connectivity index is 1.95. The van der Waals surface area contributed by atoms with E-state index in [0.717, 1.165) is 32.5 Å². The van der Waals surface area contributed by atoms with Crippen molar-refractivity contribution in [1.82, 2.24) is 4.98 Å². The summed E-state index contributed by atoms with van der Waals surface area (Å²) < 4.78 is 0. The Bertz CT molecular complexity index is 627. The minimum Gasteiger partial charge on any atom is -0.399 e. The summed E-state index contributed by atoms with van der Waals surface area (Å²) in [5.74, 6) is 0. The maximum Gasteiger partial charge on any atom is 0.124 e. The van der Waals surface area contributed by atoms with Gasteiger partial charge in [0.1, 0.15) is 5.01 Å². The SMILES string of the molecule is Nc1ccc(-c2csc(-c3ccc(Cl)cc3)n2)cc1. The van der Waals surface area contributed by atoms with E-state index >= 15 is 0 Å².